The summed E-state index contributed by atoms with van der Waals surface area (Å²) >= 11 is 0. The molecule has 1 saturated carbocycles. The lowest BCUT2D eigenvalue weighted by Crippen LogP contribution is -2.19. The van der Waals surface area contributed by atoms with Gasteiger partial charge in [0.15, 0.2) is 0 Å². The molecule has 0 spiro atoms. The molecule has 0 heterocycles. The SMILES string of the molecule is C=C/C=C(\C=C)C(CC=O)C1CCCCC1. The van der Waals surface area contributed by atoms with Crippen molar-refractivity contribution in [2.75, 3.05) is 0 Å². The number of hydrogen-bond donors (Lipinski definition) is 0. The molecule has 1 atom stereocenters. The summed E-state index contributed by atoms with van der Waals surface area (Å²) in [5.74, 6) is 1.01. The lowest BCUT2D eigenvalue weighted by atomic mass is 9.75. The minimum absolute atomic E-state index is 0.355. The molecule has 1 aliphatic carbocycles. The van der Waals surface area contributed by atoms with Crippen LogP contribution in [0.25, 0.3) is 0 Å². The van der Waals surface area contributed by atoms with Gasteiger partial charge in [-0.3, -0.25) is 0 Å². The Kier molecular flexibility index (Phi) is 5.84. The highest BCUT2D eigenvalue weighted by atomic mass is 16.1. The molecular weight excluding hydrogens is 196 g/mol. The smallest absolute Gasteiger partial charge is 0.120 e. The van der Waals surface area contributed by atoms with Crippen LogP contribution in [0.4, 0.5) is 0 Å². The topological polar surface area (TPSA) is 17.1 Å². The molecule has 1 heteroatoms. The van der Waals surface area contributed by atoms with Crippen LogP contribution >= 0.6 is 0 Å². The van der Waals surface area contributed by atoms with E-state index >= 15 is 0 Å². The van der Waals surface area contributed by atoms with Crippen molar-refractivity contribution in [3.63, 3.8) is 0 Å². The molecule has 1 aliphatic rings. The van der Waals surface area contributed by atoms with Crippen molar-refractivity contribution in [2.45, 2.75) is 38.5 Å². The molecule has 0 aromatic heterocycles. The fourth-order valence-corrected chi connectivity index (χ4v) is 2.72. The predicted molar refractivity (Wildman–Crippen MR) is 69.2 cm³/mol. The Morgan fingerprint density at radius 3 is 2.44 bits per heavy atom. The van der Waals surface area contributed by atoms with Gasteiger partial charge in [0.1, 0.15) is 6.29 Å². The van der Waals surface area contributed by atoms with Crippen LogP contribution in [0.15, 0.2) is 37.0 Å². The van der Waals surface area contributed by atoms with E-state index < -0.39 is 0 Å². The van der Waals surface area contributed by atoms with Gasteiger partial charge >= 0.3 is 0 Å². The highest BCUT2D eigenvalue weighted by molar-refractivity contribution is 5.51. The van der Waals surface area contributed by atoms with Crippen molar-refractivity contribution < 1.29 is 4.79 Å². The molecule has 0 amide bonds. The van der Waals surface area contributed by atoms with E-state index in [1.54, 1.807) is 6.08 Å². The second kappa shape index (κ2) is 7.21. The van der Waals surface area contributed by atoms with E-state index in [2.05, 4.69) is 13.2 Å². The highest BCUT2D eigenvalue weighted by Crippen LogP contribution is 2.35. The van der Waals surface area contributed by atoms with Crippen molar-refractivity contribution in [3.05, 3.63) is 37.0 Å². The van der Waals surface area contributed by atoms with Crippen LogP contribution in [-0.4, -0.2) is 6.29 Å². The first-order valence-electron chi connectivity index (χ1n) is 6.22. The van der Waals surface area contributed by atoms with Crippen molar-refractivity contribution >= 4 is 6.29 Å². The van der Waals surface area contributed by atoms with Crippen LogP contribution < -0.4 is 0 Å². The summed E-state index contributed by atoms with van der Waals surface area (Å²) in [4.78, 5) is 10.8. The molecule has 16 heavy (non-hydrogen) atoms. The van der Waals surface area contributed by atoms with Crippen LogP contribution in [0.1, 0.15) is 38.5 Å². The highest BCUT2D eigenvalue weighted by Gasteiger charge is 2.24. The molecule has 0 aromatic rings. The summed E-state index contributed by atoms with van der Waals surface area (Å²) in [5, 5.41) is 0. The van der Waals surface area contributed by atoms with E-state index in [4.69, 9.17) is 0 Å². The summed E-state index contributed by atoms with van der Waals surface area (Å²) in [6, 6.07) is 0. The van der Waals surface area contributed by atoms with Gasteiger partial charge in [0.2, 0.25) is 0 Å². The molecule has 0 aliphatic heterocycles. The molecule has 1 nitrogen and oxygen atoms in total. The maximum absolute atomic E-state index is 10.8. The first kappa shape index (κ1) is 13.0. The predicted octanol–water partition coefficient (Wildman–Crippen LogP) is 4.07. The van der Waals surface area contributed by atoms with Crippen molar-refractivity contribution in [1.82, 2.24) is 0 Å². The largest absolute Gasteiger partial charge is 0.303 e. The van der Waals surface area contributed by atoms with Gasteiger partial charge in [-0.2, -0.15) is 0 Å². The van der Waals surface area contributed by atoms with E-state index in [9.17, 15) is 4.79 Å². The minimum atomic E-state index is 0.355. The van der Waals surface area contributed by atoms with Crippen molar-refractivity contribution in [3.8, 4) is 0 Å². The molecular formula is C15H22O. The first-order valence-corrected chi connectivity index (χ1v) is 6.22. The second-order valence-electron chi connectivity index (χ2n) is 4.51. The van der Waals surface area contributed by atoms with Gasteiger partial charge in [-0.1, -0.05) is 50.6 Å². The average molecular weight is 218 g/mol. The quantitative estimate of drug-likeness (QED) is 0.485. The summed E-state index contributed by atoms with van der Waals surface area (Å²) in [6.07, 6.45) is 13.8. The van der Waals surface area contributed by atoms with Crippen LogP contribution in [0.3, 0.4) is 0 Å². The Morgan fingerprint density at radius 1 is 1.25 bits per heavy atom. The first-order chi connectivity index (χ1) is 7.83. The summed E-state index contributed by atoms with van der Waals surface area (Å²) in [6.45, 7) is 7.57. The third-order valence-corrected chi connectivity index (χ3v) is 3.54. The Bertz CT molecular complexity index is 269. The number of carbonyl (C=O) groups excluding carboxylic acids is 1. The molecule has 1 fully saturated rings. The fourth-order valence-electron chi connectivity index (χ4n) is 2.72. The van der Waals surface area contributed by atoms with E-state index in [1.165, 1.54) is 37.7 Å². The summed E-state index contributed by atoms with van der Waals surface area (Å²) in [5.41, 5.74) is 1.18. The average Bonchev–Trinajstić information content (AvgIpc) is 2.35. The zero-order valence-corrected chi connectivity index (χ0v) is 10.0. The normalized spacial score (nSPS) is 20.1. The molecule has 0 radical (unpaired) electrons. The van der Waals surface area contributed by atoms with Gasteiger partial charge < -0.3 is 4.79 Å². The maximum Gasteiger partial charge on any atom is 0.120 e. The van der Waals surface area contributed by atoms with Crippen molar-refractivity contribution in [1.29, 1.82) is 0 Å². The lowest BCUT2D eigenvalue weighted by Gasteiger charge is -2.30. The lowest BCUT2D eigenvalue weighted by molar-refractivity contribution is -0.108. The van der Waals surface area contributed by atoms with Gasteiger partial charge in [0.05, 0.1) is 0 Å². The standard InChI is InChI=1S/C15H22O/c1-3-8-13(4-2)15(11-12-16)14-9-6-5-7-10-14/h3-4,8,12,14-15H,1-2,5-7,9-11H2/b13-8+. The maximum atomic E-state index is 10.8. The number of rotatable bonds is 6. The molecule has 88 valence electrons. The molecule has 0 saturated heterocycles. The molecule has 1 rings (SSSR count). The summed E-state index contributed by atoms with van der Waals surface area (Å²) in [7, 11) is 0. The van der Waals surface area contributed by atoms with Crippen LogP contribution in [-0.2, 0) is 4.79 Å². The zero-order chi connectivity index (χ0) is 11.8. The molecule has 1 unspecified atom stereocenters. The van der Waals surface area contributed by atoms with E-state index in [0.717, 1.165) is 6.29 Å². The van der Waals surface area contributed by atoms with Gasteiger partial charge in [-0.15, -0.1) is 0 Å². The van der Waals surface area contributed by atoms with Crippen LogP contribution in [0.5, 0.6) is 0 Å². The van der Waals surface area contributed by atoms with E-state index in [1.807, 2.05) is 12.2 Å². The second-order valence-corrected chi connectivity index (χ2v) is 4.51. The number of hydrogen-bond acceptors (Lipinski definition) is 1. The fraction of sp³-hybridized carbons (Fsp3) is 0.533. The van der Waals surface area contributed by atoms with Gasteiger partial charge in [0, 0.05) is 6.42 Å². The Balaban J connectivity index is 2.77. The number of aldehydes is 1. The van der Waals surface area contributed by atoms with Crippen molar-refractivity contribution in [2.24, 2.45) is 11.8 Å². The Hall–Kier alpha value is -1.11. The number of allylic oxidation sites excluding steroid dienone is 4. The Morgan fingerprint density at radius 2 is 1.94 bits per heavy atom. The third kappa shape index (κ3) is 3.48. The van der Waals surface area contributed by atoms with Crippen LogP contribution in [0, 0.1) is 11.8 Å². The monoisotopic (exact) mass is 218 g/mol. The molecule has 0 N–H and O–H groups in total. The van der Waals surface area contributed by atoms with E-state index in [-0.39, 0.29) is 0 Å². The number of carbonyl (C=O) groups is 1. The van der Waals surface area contributed by atoms with E-state index in [0.29, 0.717) is 18.3 Å². The van der Waals surface area contributed by atoms with Crippen LogP contribution in [0.2, 0.25) is 0 Å². The molecule has 0 aromatic carbocycles. The van der Waals surface area contributed by atoms with Gasteiger partial charge in [0.25, 0.3) is 0 Å². The Labute approximate surface area is 98.9 Å². The van der Waals surface area contributed by atoms with Gasteiger partial charge in [-0.25, -0.2) is 0 Å². The third-order valence-electron chi connectivity index (χ3n) is 3.54. The minimum Gasteiger partial charge on any atom is -0.303 e. The molecule has 0 bridgehead atoms. The van der Waals surface area contributed by atoms with Gasteiger partial charge in [-0.05, 0) is 30.3 Å². The summed E-state index contributed by atoms with van der Waals surface area (Å²) < 4.78 is 0. The zero-order valence-electron chi connectivity index (χ0n) is 10.0.